The smallest absolute Gasteiger partial charge is 0.330 e. The number of hydrogen-bond donors (Lipinski definition) is 2. The van der Waals surface area contributed by atoms with E-state index < -0.39 is 17.4 Å². The number of thioether (sulfide) groups is 1. The zero-order valence-corrected chi connectivity index (χ0v) is 13.2. The third kappa shape index (κ3) is 2.93. The quantitative estimate of drug-likeness (QED) is 0.861. The number of rotatable bonds is 4. The minimum absolute atomic E-state index is 0.327. The summed E-state index contributed by atoms with van der Waals surface area (Å²) in [6.07, 6.45) is 0.428. The molecule has 0 bridgehead atoms. The van der Waals surface area contributed by atoms with Crippen LogP contribution in [0.4, 0.5) is 0 Å². The first kappa shape index (κ1) is 15.2. The van der Waals surface area contributed by atoms with Crippen molar-refractivity contribution in [1.29, 1.82) is 0 Å². The number of carboxylic acid groups (broad SMARTS) is 1. The lowest BCUT2D eigenvalue weighted by molar-refractivity contribution is -0.143. The molecule has 1 unspecified atom stereocenters. The van der Waals surface area contributed by atoms with Gasteiger partial charge in [0, 0.05) is 10.2 Å². The van der Waals surface area contributed by atoms with Gasteiger partial charge in [-0.3, -0.25) is 4.79 Å². The van der Waals surface area contributed by atoms with Crippen molar-refractivity contribution in [1.82, 2.24) is 5.32 Å². The Morgan fingerprint density at radius 3 is 2.80 bits per heavy atom. The fourth-order valence-electron chi connectivity index (χ4n) is 2.02. The van der Waals surface area contributed by atoms with Crippen molar-refractivity contribution in [2.45, 2.75) is 12.0 Å². The topological polar surface area (TPSA) is 75.6 Å². The predicted molar refractivity (Wildman–Crippen MR) is 80.5 cm³/mol. The van der Waals surface area contributed by atoms with Crippen molar-refractivity contribution in [3.8, 4) is 5.75 Å². The molecule has 7 heteroatoms. The Bertz CT molecular complexity index is 543. The molecule has 1 atom stereocenters. The number of aliphatic carboxylic acids is 1. The van der Waals surface area contributed by atoms with Gasteiger partial charge in [0.25, 0.3) is 5.91 Å². The van der Waals surface area contributed by atoms with Crippen LogP contribution in [0.3, 0.4) is 0 Å². The van der Waals surface area contributed by atoms with Crippen molar-refractivity contribution in [3.63, 3.8) is 0 Å². The number of methoxy groups -OCH3 is 1. The first-order valence-corrected chi connectivity index (χ1v) is 7.90. The summed E-state index contributed by atoms with van der Waals surface area (Å²) in [5, 5.41) is 12.0. The van der Waals surface area contributed by atoms with Gasteiger partial charge >= 0.3 is 5.97 Å². The third-order valence-corrected chi connectivity index (χ3v) is 4.88. The molecule has 1 amide bonds. The summed E-state index contributed by atoms with van der Waals surface area (Å²) in [5.74, 6) is 0.0889. The van der Waals surface area contributed by atoms with Crippen molar-refractivity contribution in [2.75, 3.05) is 18.6 Å². The molecule has 0 aromatic heterocycles. The van der Waals surface area contributed by atoms with E-state index in [2.05, 4.69) is 21.2 Å². The molecule has 1 fully saturated rings. The minimum atomic E-state index is -1.18. The van der Waals surface area contributed by atoms with E-state index in [9.17, 15) is 14.7 Å². The van der Waals surface area contributed by atoms with E-state index in [4.69, 9.17) is 4.74 Å². The van der Waals surface area contributed by atoms with Gasteiger partial charge in [-0.1, -0.05) is 15.9 Å². The SMILES string of the molecule is COc1cc(Br)ccc1C(=O)NC1(C(=O)O)CCSC1. The molecular formula is C13H14BrNO4S. The molecule has 1 aromatic carbocycles. The number of ether oxygens (including phenoxy) is 1. The van der Waals surface area contributed by atoms with E-state index in [1.807, 2.05) is 0 Å². The molecule has 2 N–H and O–H groups in total. The van der Waals surface area contributed by atoms with Crippen LogP contribution in [0.5, 0.6) is 5.75 Å². The largest absolute Gasteiger partial charge is 0.496 e. The van der Waals surface area contributed by atoms with Crippen LogP contribution in [0.2, 0.25) is 0 Å². The summed E-state index contributed by atoms with van der Waals surface area (Å²) in [5.41, 5.74) is -0.854. The van der Waals surface area contributed by atoms with E-state index in [1.54, 1.807) is 18.2 Å². The van der Waals surface area contributed by atoms with E-state index in [0.29, 0.717) is 23.5 Å². The van der Waals surface area contributed by atoms with Crippen LogP contribution in [0.15, 0.2) is 22.7 Å². The van der Waals surface area contributed by atoms with Gasteiger partial charge in [0.1, 0.15) is 11.3 Å². The molecule has 0 spiro atoms. The molecule has 1 heterocycles. The number of carbonyl (C=O) groups is 2. The molecule has 1 aromatic rings. The van der Waals surface area contributed by atoms with Crippen LogP contribution < -0.4 is 10.1 Å². The second kappa shape index (κ2) is 6.05. The van der Waals surface area contributed by atoms with Crippen LogP contribution in [-0.4, -0.2) is 41.1 Å². The van der Waals surface area contributed by atoms with Gasteiger partial charge in [-0.15, -0.1) is 0 Å². The molecular weight excluding hydrogens is 346 g/mol. The van der Waals surface area contributed by atoms with E-state index in [-0.39, 0.29) is 0 Å². The molecule has 1 aliphatic heterocycles. The van der Waals surface area contributed by atoms with Crippen molar-refractivity contribution in [2.24, 2.45) is 0 Å². The van der Waals surface area contributed by atoms with Gasteiger partial charge < -0.3 is 15.2 Å². The zero-order chi connectivity index (χ0) is 14.8. The van der Waals surface area contributed by atoms with Crippen molar-refractivity contribution < 1.29 is 19.4 Å². The van der Waals surface area contributed by atoms with E-state index >= 15 is 0 Å². The summed E-state index contributed by atoms with van der Waals surface area (Å²) in [6.45, 7) is 0. The highest BCUT2D eigenvalue weighted by molar-refractivity contribution is 9.10. The van der Waals surface area contributed by atoms with Crippen LogP contribution in [0.25, 0.3) is 0 Å². The standard InChI is InChI=1S/C13H14BrNO4S/c1-19-10-6-8(14)2-3-9(10)11(16)15-13(12(17)18)4-5-20-7-13/h2-3,6H,4-5,7H2,1H3,(H,15,16)(H,17,18). The average molecular weight is 360 g/mol. The molecule has 0 aliphatic carbocycles. The molecule has 0 saturated carbocycles. The Hall–Kier alpha value is -1.21. The average Bonchev–Trinajstić information content (AvgIpc) is 2.88. The number of benzene rings is 1. The van der Waals surface area contributed by atoms with Gasteiger partial charge in [0.2, 0.25) is 0 Å². The maximum Gasteiger partial charge on any atom is 0.330 e. The van der Waals surface area contributed by atoms with Crippen LogP contribution >= 0.6 is 27.7 Å². The third-order valence-electron chi connectivity index (χ3n) is 3.19. The van der Waals surface area contributed by atoms with Gasteiger partial charge in [-0.05, 0) is 30.4 Å². The van der Waals surface area contributed by atoms with Gasteiger partial charge in [0.05, 0.1) is 12.7 Å². The first-order chi connectivity index (χ1) is 9.48. The number of amides is 1. The molecule has 1 saturated heterocycles. The van der Waals surface area contributed by atoms with E-state index in [0.717, 1.165) is 10.2 Å². The summed E-state index contributed by atoms with van der Waals surface area (Å²) in [7, 11) is 1.47. The lowest BCUT2D eigenvalue weighted by Crippen LogP contribution is -2.54. The number of carbonyl (C=O) groups excluding carboxylic acids is 1. The number of halogens is 1. The van der Waals surface area contributed by atoms with Gasteiger partial charge in [0.15, 0.2) is 0 Å². The van der Waals surface area contributed by atoms with Crippen molar-refractivity contribution in [3.05, 3.63) is 28.2 Å². The summed E-state index contributed by atoms with van der Waals surface area (Å²) < 4.78 is 5.95. The summed E-state index contributed by atoms with van der Waals surface area (Å²) in [4.78, 5) is 23.8. The lowest BCUT2D eigenvalue weighted by atomic mass is 9.98. The van der Waals surface area contributed by atoms with E-state index in [1.165, 1.54) is 18.9 Å². The highest BCUT2D eigenvalue weighted by Gasteiger charge is 2.43. The Morgan fingerprint density at radius 1 is 1.50 bits per heavy atom. The number of nitrogens with one attached hydrogen (secondary N) is 1. The molecule has 1 aliphatic rings. The second-order valence-corrected chi connectivity index (χ2v) is 6.51. The fraction of sp³-hybridized carbons (Fsp3) is 0.385. The zero-order valence-electron chi connectivity index (χ0n) is 10.8. The monoisotopic (exact) mass is 359 g/mol. The van der Waals surface area contributed by atoms with Crippen LogP contribution in [0.1, 0.15) is 16.8 Å². The number of hydrogen-bond acceptors (Lipinski definition) is 4. The first-order valence-electron chi connectivity index (χ1n) is 5.96. The minimum Gasteiger partial charge on any atom is -0.496 e. The second-order valence-electron chi connectivity index (χ2n) is 4.49. The summed E-state index contributed by atoms with van der Waals surface area (Å²) in [6, 6.07) is 5.00. The normalized spacial score (nSPS) is 21.5. The fourth-order valence-corrected chi connectivity index (χ4v) is 3.69. The molecule has 20 heavy (non-hydrogen) atoms. The van der Waals surface area contributed by atoms with Gasteiger partial charge in [-0.2, -0.15) is 11.8 Å². The highest BCUT2D eigenvalue weighted by Crippen LogP contribution is 2.30. The van der Waals surface area contributed by atoms with Gasteiger partial charge in [-0.25, -0.2) is 4.79 Å². The van der Waals surface area contributed by atoms with Crippen LogP contribution in [-0.2, 0) is 4.79 Å². The Morgan fingerprint density at radius 2 is 2.25 bits per heavy atom. The highest BCUT2D eigenvalue weighted by atomic mass is 79.9. The molecule has 2 rings (SSSR count). The maximum atomic E-state index is 12.3. The predicted octanol–water partition coefficient (Wildman–Crippen LogP) is 2.15. The molecule has 108 valence electrons. The Kier molecular flexibility index (Phi) is 4.59. The van der Waals surface area contributed by atoms with Crippen molar-refractivity contribution >= 4 is 39.6 Å². The van der Waals surface area contributed by atoms with Crippen LogP contribution in [0, 0.1) is 0 Å². The number of carboxylic acids is 1. The Labute approximate surface area is 129 Å². The molecule has 0 radical (unpaired) electrons. The maximum absolute atomic E-state index is 12.3. The Balaban J connectivity index is 2.26. The summed E-state index contributed by atoms with van der Waals surface area (Å²) >= 11 is 4.82. The lowest BCUT2D eigenvalue weighted by Gasteiger charge is -2.25. The molecule has 5 nitrogen and oxygen atoms in total.